The molecule has 0 fully saturated rings. The lowest BCUT2D eigenvalue weighted by Crippen LogP contribution is -2.09. The molecule has 0 spiro atoms. The molecule has 338 valence electrons. The summed E-state index contributed by atoms with van der Waals surface area (Å²) in [6, 6.07) is 10.2. The van der Waals surface area contributed by atoms with Crippen LogP contribution in [0.15, 0.2) is 35.4 Å². The fraction of sp³-hybridized carbons (Fsp3) is 0.724. The molecule has 2 aromatic carbocycles. The molecule has 0 aliphatic carbocycles. The Bertz CT molecular complexity index is 1510. The molecule has 0 atom stereocenters. The van der Waals surface area contributed by atoms with Crippen LogP contribution >= 0.6 is 0 Å². The molecule has 0 saturated carbocycles. The first kappa shape index (κ1) is 51.9. The summed E-state index contributed by atoms with van der Waals surface area (Å²) in [5.74, 6) is 0. The second-order valence-corrected chi connectivity index (χ2v) is 18.9. The van der Waals surface area contributed by atoms with Crippen molar-refractivity contribution >= 4 is 11.4 Å². The summed E-state index contributed by atoms with van der Waals surface area (Å²) >= 11 is 0. The lowest BCUT2D eigenvalue weighted by molar-refractivity contribution is -0.345. The van der Waals surface area contributed by atoms with E-state index in [4.69, 9.17) is 0 Å². The van der Waals surface area contributed by atoms with Gasteiger partial charge in [0.15, 0.2) is 0 Å². The molecule has 2 aromatic rings. The molecule has 1 heterocycles. The minimum absolute atomic E-state index is 1.03. The zero-order valence-corrected chi connectivity index (χ0v) is 41.2. The molecule has 0 aromatic heterocycles. The van der Waals surface area contributed by atoms with E-state index >= 15 is 0 Å². The van der Waals surface area contributed by atoms with Gasteiger partial charge in [-0.3, -0.25) is 0 Å². The molecule has 0 amide bonds. The standard InChI is InChI=1S/C58H96N2/c1-9-17-25-28-30-33-40-53-47(35-20-12-4)43-51(44-48(53)36-21-13-5)57-55(39-24-16-8)56(42-32-27-19-11-3)58(60(57)59)52-45-49(37-22-14-6)54(50(46-52)38-23-15-7)41-34-31-29-26-18-10-2/h43-46H,9-42H2,1-8H3. The highest BCUT2D eigenvalue weighted by atomic mass is 15.2. The predicted molar refractivity (Wildman–Crippen MR) is 267 cm³/mol. The fourth-order valence-corrected chi connectivity index (χ4v) is 9.90. The van der Waals surface area contributed by atoms with Crippen LogP contribution in [-0.2, 0) is 38.5 Å². The molecule has 0 bridgehead atoms. The molecular weight excluding hydrogens is 725 g/mol. The highest BCUT2D eigenvalue weighted by Gasteiger charge is 2.36. The normalized spacial score (nSPS) is 13.2. The number of allylic oxidation sites excluding steroid dienone is 2. The van der Waals surface area contributed by atoms with Crippen molar-refractivity contribution in [1.29, 1.82) is 0 Å². The van der Waals surface area contributed by atoms with Crippen LogP contribution in [0.1, 0.15) is 280 Å². The third-order valence-electron chi connectivity index (χ3n) is 13.6. The van der Waals surface area contributed by atoms with E-state index in [0.29, 0.717) is 0 Å². The Hall–Kier alpha value is -2.48. The maximum atomic E-state index is 13.0. The van der Waals surface area contributed by atoms with Gasteiger partial charge in [-0.05, 0) is 160 Å². The number of hydrogen-bond donors (Lipinski definition) is 0. The van der Waals surface area contributed by atoms with Gasteiger partial charge in [0.05, 0.1) is 0 Å². The van der Waals surface area contributed by atoms with Gasteiger partial charge >= 0.3 is 0 Å². The highest BCUT2D eigenvalue weighted by Crippen LogP contribution is 2.46. The highest BCUT2D eigenvalue weighted by molar-refractivity contribution is 5.83. The van der Waals surface area contributed by atoms with E-state index in [1.165, 1.54) is 189 Å². The number of rotatable bonds is 36. The van der Waals surface area contributed by atoms with Gasteiger partial charge in [0.25, 0.3) is 0 Å². The maximum Gasteiger partial charge on any atom is 0.211 e. The number of unbranched alkanes of at least 4 members (excludes halogenated alkanes) is 18. The molecule has 0 N–H and O–H groups in total. The van der Waals surface area contributed by atoms with E-state index in [2.05, 4.69) is 79.7 Å². The molecule has 0 unspecified atom stereocenters. The monoisotopic (exact) mass is 821 g/mol. The van der Waals surface area contributed by atoms with Gasteiger partial charge in [0.1, 0.15) is 0 Å². The van der Waals surface area contributed by atoms with Crippen molar-refractivity contribution < 1.29 is 4.70 Å². The third-order valence-corrected chi connectivity index (χ3v) is 13.6. The van der Waals surface area contributed by atoms with Crippen molar-refractivity contribution in [1.82, 2.24) is 0 Å². The van der Waals surface area contributed by atoms with Gasteiger partial charge in [-0.25, -0.2) is 4.70 Å². The van der Waals surface area contributed by atoms with Gasteiger partial charge in [0.2, 0.25) is 11.4 Å². The van der Waals surface area contributed by atoms with Crippen molar-refractivity contribution in [3.8, 4) is 0 Å². The minimum atomic E-state index is 1.03. The Labute approximate surface area is 373 Å². The smallest absolute Gasteiger partial charge is 0.211 e. The summed E-state index contributed by atoms with van der Waals surface area (Å²) in [7, 11) is 0. The second-order valence-electron chi connectivity index (χ2n) is 18.9. The molecule has 3 rings (SSSR count). The van der Waals surface area contributed by atoms with Crippen molar-refractivity contribution in [2.24, 2.45) is 0 Å². The van der Waals surface area contributed by atoms with Gasteiger partial charge in [-0.2, -0.15) is 0 Å². The van der Waals surface area contributed by atoms with Crippen molar-refractivity contribution in [2.75, 3.05) is 0 Å². The van der Waals surface area contributed by atoms with Crippen molar-refractivity contribution in [3.05, 3.63) is 85.5 Å². The second kappa shape index (κ2) is 31.4. The van der Waals surface area contributed by atoms with Crippen LogP contribution in [0.5, 0.6) is 0 Å². The van der Waals surface area contributed by atoms with Gasteiger partial charge < -0.3 is 5.53 Å². The zero-order valence-electron chi connectivity index (χ0n) is 41.2. The molecule has 2 nitrogen and oxygen atoms in total. The van der Waals surface area contributed by atoms with E-state index in [0.717, 1.165) is 62.8 Å². The topological polar surface area (TPSA) is 25.3 Å². The Balaban J connectivity index is 2.26. The average molecular weight is 821 g/mol. The Morgan fingerprint density at radius 2 is 0.550 bits per heavy atom. The van der Waals surface area contributed by atoms with Crippen LogP contribution in [0.2, 0.25) is 0 Å². The third kappa shape index (κ3) is 16.7. The summed E-state index contributed by atoms with van der Waals surface area (Å²) < 4.78 is 1.74. The maximum absolute atomic E-state index is 13.0. The Morgan fingerprint density at radius 1 is 0.300 bits per heavy atom. The first-order chi connectivity index (χ1) is 29.4. The number of nitrogens with zero attached hydrogens (tertiary/aromatic N) is 2. The van der Waals surface area contributed by atoms with E-state index in [-0.39, 0.29) is 0 Å². The largest absolute Gasteiger partial charge is 0.493 e. The fourth-order valence-electron chi connectivity index (χ4n) is 9.90. The number of hydrogen-bond acceptors (Lipinski definition) is 0. The molecule has 0 saturated heterocycles. The lowest BCUT2D eigenvalue weighted by Gasteiger charge is -2.20. The first-order valence-electron chi connectivity index (χ1n) is 26.7. The van der Waals surface area contributed by atoms with Crippen LogP contribution in [0.25, 0.3) is 16.9 Å². The quantitative estimate of drug-likeness (QED) is 0.0483. The predicted octanol–water partition coefficient (Wildman–Crippen LogP) is 19.2. The molecule has 1 aliphatic rings. The minimum Gasteiger partial charge on any atom is -0.493 e. The zero-order chi connectivity index (χ0) is 43.4. The van der Waals surface area contributed by atoms with E-state index in [1.54, 1.807) is 38.1 Å². The van der Waals surface area contributed by atoms with Gasteiger partial charge in [-0.1, -0.05) is 171 Å². The van der Waals surface area contributed by atoms with Crippen LogP contribution in [0.3, 0.4) is 0 Å². The Kier molecular flexibility index (Phi) is 27.1. The SMILES string of the molecule is CCCCCCCCc1c(CCCC)cc(C2=C(CCCC)C(CCCCCC)=C(c3cc(CCCC)c(CCCCCCCC)c(CCCC)c3)[N+]2=[N-])cc1CCCC. The van der Waals surface area contributed by atoms with Crippen molar-refractivity contribution in [3.63, 3.8) is 0 Å². The Morgan fingerprint density at radius 3 is 0.883 bits per heavy atom. The molecule has 2 heteroatoms. The lowest BCUT2D eigenvalue weighted by atomic mass is 9.86. The van der Waals surface area contributed by atoms with Gasteiger partial charge in [-0.15, -0.1) is 0 Å². The first-order valence-corrected chi connectivity index (χ1v) is 26.7. The summed E-state index contributed by atoms with van der Waals surface area (Å²) in [6.45, 7) is 18.7. The van der Waals surface area contributed by atoms with Crippen LogP contribution in [-0.4, -0.2) is 4.70 Å². The van der Waals surface area contributed by atoms with Crippen LogP contribution in [0.4, 0.5) is 0 Å². The van der Waals surface area contributed by atoms with Gasteiger partial charge in [0, 0.05) is 22.3 Å². The molecular formula is C58H96N2. The summed E-state index contributed by atoms with van der Waals surface area (Å²) in [6.07, 6.45) is 42.2. The van der Waals surface area contributed by atoms with E-state index in [1.807, 2.05) is 0 Å². The van der Waals surface area contributed by atoms with Crippen molar-refractivity contribution in [2.45, 2.75) is 274 Å². The molecule has 0 radical (unpaired) electrons. The summed E-state index contributed by atoms with van der Waals surface area (Å²) in [5.41, 5.74) is 30.2. The number of aryl methyl sites for hydroxylation is 4. The summed E-state index contributed by atoms with van der Waals surface area (Å²) in [5, 5.41) is 0. The van der Waals surface area contributed by atoms with E-state index < -0.39 is 0 Å². The van der Waals surface area contributed by atoms with E-state index in [9.17, 15) is 5.53 Å². The average Bonchev–Trinajstić information content (AvgIpc) is 3.53. The van der Waals surface area contributed by atoms with Crippen LogP contribution < -0.4 is 0 Å². The van der Waals surface area contributed by atoms with Crippen LogP contribution in [0, 0.1) is 0 Å². The number of benzene rings is 2. The summed E-state index contributed by atoms with van der Waals surface area (Å²) in [4.78, 5) is 0. The molecule has 60 heavy (non-hydrogen) atoms. The molecule has 1 aliphatic heterocycles.